The topological polar surface area (TPSA) is 630 Å². The highest BCUT2D eigenvalue weighted by Gasteiger charge is 2.47. The summed E-state index contributed by atoms with van der Waals surface area (Å²) >= 11 is 0.789. The zero-order valence-corrected chi connectivity index (χ0v) is 78.9. The number of rotatable bonds is 26. The van der Waals surface area contributed by atoms with Crippen LogP contribution in [-0.2, 0) is 125 Å². The van der Waals surface area contributed by atoms with Crippen LogP contribution in [0.1, 0.15) is 180 Å². The highest BCUT2D eigenvalue weighted by atomic mass is 32.2. The number of aliphatic hydroxyl groups excluding tert-OH is 1. The number of imidazole rings is 1. The number of hydrogen-bond acceptors (Lipinski definition) is 24. The largest absolute Gasteiger partial charge is 0.508 e. The van der Waals surface area contributed by atoms with Crippen LogP contribution < -0.4 is 70.8 Å². The van der Waals surface area contributed by atoms with Gasteiger partial charge in [-0.05, 0) is 125 Å². The maximum atomic E-state index is 16.0. The SMILES string of the molecule is CCCC[C@H]1C(=O)N(C)[C@@H](CCCC)C(=O)N[C@@H](CC(C)C)C(=O)N[C@H](C(=O)NCC(N)=O)CSCC(=O)N[C@@H](Cc2ccc(O)cc2)C(=O)N(C)[C@@H](C)C(=O)N[C@@H](CC(N)=O)C(=O)N2CCC[C@H]2C(=O)N[C@@H](CN)C(=O)N[C@@H](CC(C)C)C(=O)N2C[C@H](O)C[C@H]2C(=O)C[C@@H](Cc2c[nH]c3ccccc23)C(=O)N[C@@H](CCN)C(=O)N[C@@H](Cc2nc(CC(=O)O)n3c2CCCC3)C(=O)N1C. The zero-order chi connectivity index (χ0) is 98.6. The molecule has 0 bridgehead atoms. The maximum absolute atomic E-state index is 16.0. The van der Waals surface area contributed by atoms with Gasteiger partial charge in [0, 0.05) is 107 Å². The number of amides is 16. The minimum absolute atomic E-state index is 0.00840. The van der Waals surface area contributed by atoms with E-state index in [4.69, 9.17) is 27.9 Å². The van der Waals surface area contributed by atoms with Gasteiger partial charge in [-0.15, -0.1) is 11.8 Å². The molecule has 4 aromatic rings. The van der Waals surface area contributed by atoms with Gasteiger partial charge in [-0.3, -0.25) is 86.3 Å². The summed E-state index contributed by atoms with van der Waals surface area (Å²) in [4.78, 5) is 276. The fourth-order valence-electron chi connectivity index (χ4n) is 17.4. The number of nitrogens with one attached hydrogen (secondary N) is 10. The molecule has 15 atom stereocenters. The van der Waals surface area contributed by atoms with Crippen LogP contribution in [0.3, 0.4) is 0 Å². The fourth-order valence-corrected chi connectivity index (χ4v) is 18.3. The van der Waals surface area contributed by atoms with Crippen molar-refractivity contribution in [2.24, 2.45) is 40.7 Å². The smallest absolute Gasteiger partial charge is 0.311 e. The predicted octanol–water partition coefficient (Wildman–Crippen LogP) is -2.03. The summed E-state index contributed by atoms with van der Waals surface area (Å²) in [6.45, 7) is 10.3. The normalized spacial score (nSPS) is 25.5. The first-order valence-electron chi connectivity index (χ1n) is 46.1. The Kier molecular flexibility index (Phi) is 40.7. The number of benzene rings is 2. The third-order valence-corrected chi connectivity index (χ3v) is 25.8. The van der Waals surface area contributed by atoms with Crippen molar-refractivity contribution in [1.29, 1.82) is 0 Å². The van der Waals surface area contributed by atoms with E-state index < -0.39 is 247 Å². The number of aromatic nitrogens is 3. The molecular formula is C91H135N21O21S. The first kappa shape index (κ1) is 107. The predicted molar refractivity (Wildman–Crippen MR) is 493 cm³/mol. The van der Waals surface area contributed by atoms with Crippen LogP contribution in [0.2, 0.25) is 0 Å². The molecule has 2 aromatic heterocycles. The van der Waals surface area contributed by atoms with Crippen LogP contribution in [0.25, 0.3) is 10.9 Å². The number of H-pyrrole nitrogens is 1. The summed E-state index contributed by atoms with van der Waals surface area (Å²) in [5.74, 6) is -19.4. The van der Waals surface area contributed by atoms with Gasteiger partial charge < -0.3 is 120 Å². The summed E-state index contributed by atoms with van der Waals surface area (Å²) in [6.07, 6.45) is 0.427. The zero-order valence-electron chi connectivity index (χ0n) is 78.1. The summed E-state index contributed by atoms with van der Waals surface area (Å²) in [5, 5.41) is 56.4. The van der Waals surface area contributed by atoms with E-state index in [0.29, 0.717) is 79.2 Å². The first-order valence-corrected chi connectivity index (χ1v) is 47.2. The van der Waals surface area contributed by atoms with Crippen molar-refractivity contribution in [3.8, 4) is 5.75 Å². The number of fused-ring (bicyclic) bond motifs is 4. The van der Waals surface area contributed by atoms with Crippen LogP contribution in [0.5, 0.6) is 5.75 Å². The summed E-state index contributed by atoms with van der Waals surface area (Å²) in [7, 11) is 3.94. The lowest BCUT2D eigenvalue weighted by molar-refractivity contribution is -0.149. The molecule has 21 N–H and O–H groups in total. The lowest BCUT2D eigenvalue weighted by Gasteiger charge is -2.36. The number of nitrogens with zero attached hydrogens (tertiary/aromatic N) is 7. The number of aromatic amines is 1. The second-order valence-electron chi connectivity index (χ2n) is 36.0. The van der Waals surface area contributed by atoms with Gasteiger partial charge in [-0.25, -0.2) is 4.98 Å². The highest BCUT2D eigenvalue weighted by molar-refractivity contribution is 8.00. The number of para-hydroxylation sites is 1. The van der Waals surface area contributed by atoms with Crippen LogP contribution in [0.4, 0.5) is 0 Å². The number of thioether (sulfide) groups is 1. The van der Waals surface area contributed by atoms with E-state index in [1.165, 1.54) is 57.2 Å². The molecule has 4 aliphatic rings. The minimum atomic E-state index is -1.76. The van der Waals surface area contributed by atoms with E-state index in [1.807, 2.05) is 13.8 Å². The Hall–Kier alpha value is -12.1. The Morgan fingerprint density at radius 2 is 1.19 bits per heavy atom. The van der Waals surface area contributed by atoms with E-state index in [-0.39, 0.29) is 113 Å². The number of nitrogens with two attached hydrogens (primary N) is 4. The standard InChI is InChI=1S/C91H135N21O21S/c1-11-13-22-69-85(127)101-61(34-49(3)4)83(125)106-67(81(123)97-45-75(95)117)47-134-48-77(118)99-63(36-52-26-28-55(113)29-27-52)87(129)107(8)51(7)79(121)102-65(41-74(94)116)89(131)111-33-19-25-70(111)86(128)105-66(43-93)84(126)103-62(35-50(5)6)90(132)112-46-56(114)39-72(112)73(115)38-53(37-54-44-96-58-21-16-15-20-57(54)58)80(122)100-59(30-31-92)82(124)104-64(88(130)109(10)71(23-14-12-2)91(133)108(69)9)40-60-68-24-17-18-32-110(68)76(98-60)42-78(119)120/h15-16,20-21,26-29,44,49-51,53,56,59,61-67,69-72,96,113-114H,11-14,17-19,22-25,30-43,45-48,92-93H2,1-10H3,(H2,94,116)(H2,95,117)(H,97,123)(H,99,118)(H,100,122)(H,101,127)(H,102,121)(H,103,126)(H,104,124)(H,105,128)(H,106,125)(H,119,120)/t51-,53+,56+,59-,61-,62-,63-,64-,65-,66-,67-,69-,70-,71-,72-/m0/s1. The Morgan fingerprint density at radius 3 is 1.84 bits per heavy atom. The molecule has 8 rings (SSSR count). The first-order chi connectivity index (χ1) is 63.6. The number of phenols is 1. The summed E-state index contributed by atoms with van der Waals surface area (Å²) in [6, 6.07) is -6.86. The Bertz CT molecular complexity index is 4870. The number of ketones is 1. The van der Waals surface area contributed by atoms with Crippen molar-refractivity contribution in [3.63, 3.8) is 0 Å². The molecule has 43 heteroatoms. The lowest BCUT2D eigenvalue weighted by atomic mass is 9.90. The number of aromatic hydroxyl groups is 1. The molecule has 0 radical (unpaired) electrons. The molecule has 3 saturated heterocycles. The van der Waals surface area contributed by atoms with E-state index >= 15 is 33.6 Å². The van der Waals surface area contributed by atoms with Crippen molar-refractivity contribution >= 4 is 129 Å². The molecule has 0 aliphatic carbocycles. The second kappa shape index (κ2) is 50.8. The van der Waals surface area contributed by atoms with Crippen molar-refractivity contribution in [3.05, 3.63) is 83.1 Å². The van der Waals surface area contributed by atoms with E-state index in [2.05, 4.69) is 52.8 Å². The number of Topliss-reactive ketones (excluding diaryl/α,β-unsaturated/α-hetero) is 1. The Balaban J connectivity index is 1.20. The highest BCUT2D eigenvalue weighted by Crippen LogP contribution is 2.31. The Labute approximate surface area is 783 Å². The lowest BCUT2D eigenvalue weighted by Crippen LogP contribution is -2.61. The number of likely N-dealkylation sites (N-methyl/N-ethyl adjacent to an activating group) is 3. The molecule has 0 saturated carbocycles. The number of unbranched alkanes of at least 4 members (excludes halogenated alkanes) is 2. The van der Waals surface area contributed by atoms with E-state index in [9.17, 15) is 68.1 Å². The van der Waals surface area contributed by atoms with Gasteiger partial charge >= 0.3 is 5.97 Å². The number of carboxylic acids is 1. The minimum Gasteiger partial charge on any atom is -0.508 e. The molecule has 736 valence electrons. The van der Waals surface area contributed by atoms with E-state index in [0.717, 1.165) is 31.4 Å². The van der Waals surface area contributed by atoms with Crippen LogP contribution >= 0.6 is 11.8 Å². The van der Waals surface area contributed by atoms with Crippen molar-refractivity contribution in [2.45, 2.75) is 274 Å². The molecule has 42 nitrogen and oxygen atoms in total. The molecule has 3 fully saturated rings. The molecule has 6 heterocycles. The molecule has 0 spiro atoms. The monoisotopic (exact) mass is 1890 g/mol. The van der Waals surface area contributed by atoms with Gasteiger partial charge in [0.05, 0.1) is 36.6 Å². The number of aliphatic hydroxyl groups is 1. The van der Waals surface area contributed by atoms with Crippen molar-refractivity contribution in [2.75, 3.05) is 65.4 Å². The number of carbonyl (C=O) groups excluding carboxylic acids is 17. The van der Waals surface area contributed by atoms with E-state index in [1.54, 1.807) is 62.7 Å². The summed E-state index contributed by atoms with van der Waals surface area (Å²) < 4.78 is 1.77. The molecule has 134 heavy (non-hydrogen) atoms. The van der Waals surface area contributed by atoms with Gasteiger partial charge in [0.15, 0.2) is 5.78 Å². The Morgan fingerprint density at radius 1 is 0.597 bits per heavy atom. The number of primary amides is 2. The number of aliphatic carboxylic acids is 1. The molecule has 16 amide bonds. The van der Waals surface area contributed by atoms with Crippen molar-refractivity contribution in [1.82, 2.24) is 86.9 Å². The average molecular weight is 1890 g/mol. The van der Waals surface area contributed by atoms with Gasteiger partial charge in [-0.1, -0.05) is 97.6 Å². The third kappa shape index (κ3) is 29.7. The summed E-state index contributed by atoms with van der Waals surface area (Å²) in [5.41, 5.74) is 26.1. The average Bonchev–Trinajstić information content (AvgIpc) is 1.62. The second-order valence-corrected chi connectivity index (χ2v) is 37.1. The molecular weight excluding hydrogens is 1760 g/mol. The fraction of sp³-hybridized carbons (Fsp3) is 0.615. The van der Waals surface area contributed by atoms with Crippen LogP contribution in [0, 0.1) is 17.8 Å². The van der Waals surface area contributed by atoms with Gasteiger partial charge in [0.1, 0.15) is 90.5 Å². The quantitative estimate of drug-likeness (QED) is 0.0322. The number of carboxylic acid groups (broad SMARTS) is 1. The molecule has 2 aromatic carbocycles. The number of hydrogen-bond donors (Lipinski definition) is 17. The number of phenolic OH excluding ortho intramolecular Hbond substituents is 1. The number of carbonyl (C=O) groups is 18. The third-order valence-electron chi connectivity index (χ3n) is 24.8. The van der Waals surface area contributed by atoms with Gasteiger partial charge in [-0.2, -0.15) is 0 Å². The van der Waals surface area contributed by atoms with Crippen molar-refractivity contribution < 1.29 is 102 Å². The molecule has 0 unspecified atom stereocenters. The maximum Gasteiger partial charge on any atom is 0.311 e. The van der Waals surface area contributed by atoms with Crippen LogP contribution in [-0.4, -0.2) is 311 Å². The molecule has 4 aliphatic heterocycles. The van der Waals surface area contributed by atoms with Gasteiger partial charge in [0.25, 0.3) is 0 Å². The van der Waals surface area contributed by atoms with Gasteiger partial charge in [0.2, 0.25) is 94.5 Å². The van der Waals surface area contributed by atoms with Crippen LogP contribution in [0.15, 0.2) is 54.7 Å².